The zero-order chi connectivity index (χ0) is 21.5. The molecule has 4 nitrogen and oxygen atoms in total. The minimum Gasteiger partial charge on any atom is -0.331 e. The number of nitrogens with one attached hydrogen (secondary N) is 1. The molecule has 1 aromatic heterocycles. The number of imidazole rings is 1. The van der Waals surface area contributed by atoms with E-state index in [1.165, 1.54) is 18.5 Å². The SMILES string of the molecule is C.O=C1C(Cc2cc(F)cc(F)c2)c2cc(-c3cccc(Cl)c3)ccc2N1c1cnc[nH]1. The lowest BCUT2D eigenvalue weighted by molar-refractivity contribution is -0.118. The molecular weight excluding hydrogens is 432 g/mol. The maximum absolute atomic E-state index is 13.8. The van der Waals surface area contributed by atoms with Gasteiger partial charge in [-0.25, -0.2) is 13.8 Å². The number of rotatable bonds is 4. The molecule has 1 atom stereocenters. The minimum absolute atomic E-state index is 0. The second kappa shape index (κ2) is 8.55. The predicted molar refractivity (Wildman–Crippen MR) is 122 cm³/mol. The monoisotopic (exact) mass is 451 g/mol. The molecular formula is C25H20ClF2N3O. The average molecular weight is 452 g/mol. The van der Waals surface area contributed by atoms with Crippen molar-refractivity contribution in [3.63, 3.8) is 0 Å². The second-order valence-corrected chi connectivity index (χ2v) is 7.87. The van der Waals surface area contributed by atoms with Crippen molar-refractivity contribution in [2.24, 2.45) is 0 Å². The molecule has 3 aromatic carbocycles. The first-order valence-electron chi connectivity index (χ1n) is 9.67. The van der Waals surface area contributed by atoms with Crippen LogP contribution in [0.5, 0.6) is 0 Å². The van der Waals surface area contributed by atoms with Crippen LogP contribution in [0.15, 0.2) is 73.2 Å². The average Bonchev–Trinajstić information content (AvgIpc) is 3.34. The molecule has 0 bridgehead atoms. The van der Waals surface area contributed by atoms with Crippen LogP contribution < -0.4 is 4.90 Å². The van der Waals surface area contributed by atoms with Crippen LogP contribution in [0.2, 0.25) is 5.02 Å². The smallest absolute Gasteiger partial charge is 0.240 e. The Morgan fingerprint density at radius 2 is 1.75 bits per heavy atom. The summed E-state index contributed by atoms with van der Waals surface area (Å²) >= 11 is 6.15. The van der Waals surface area contributed by atoms with Crippen LogP contribution in [0.3, 0.4) is 0 Å². The quantitative estimate of drug-likeness (QED) is 0.377. The molecule has 1 aliphatic rings. The largest absolute Gasteiger partial charge is 0.331 e. The molecule has 0 saturated carbocycles. The summed E-state index contributed by atoms with van der Waals surface area (Å²) in [7, 11) is 0. The van der Waals surface area contributed by atoms with Gasteiger partial charge in [-0.2, -0.15) is 0 Å². The van der Waals surface area contributed by atoms with Gasteiger partial charge in [0.2, 0.25) is 5.91 Å². The number of H-pyrrole nitrogens is 1. The van der Waals surface area contributed by atoms with Crippen LogP contribution >= 0.6 is 11.6 Å². The van der Waals surface area contributed by atoms with Gasteiger partial charge >= 0.3 is 0 Å². The van der Waals surface area contributed by atoms with E-state index in [0.717, 1.165) is 22.8 Å². The van der Waals surface area contributed by atoms with Gasteiger partial charge in [-0.15, -0.1) is 0 Å². The summed E-state index contributed by atoms with van der Waals surface area (Å²) in [4.78, 5) is 21.9. The van der Waals surface area contributed by atoms with Gasteiger partial charge in [0.25, 0.3) is 0 Å². The predicted octanol–water partition coefficient (Wildman–Crippen LogP) is 6.65. The summed E-state index contributed by atoms with van der Waals surface area (Å²) in [6.07, 6.45) is 3.23. The first-order chi connectivity index (χ1) is 15.0. The summed E-state index contributed by atoms with van der Waals surface area (Å²) in [5.41, 5.74) is 3.72. The van der Waals surface area contributed by atoms with Gasteiger partial charge in [0.1, 0.15) is 17.5 Å². The fourth-order valence-corrected chi connectivity index (χ4v) is 4.26. The zero-order valence-corrected chi connectivity index (χ0v) is 16.9. The fourth-order valence-electron chi connectivity index (χ4n) is 4.07. The molecule has 0 fully saturated rings. The third kappa shape index (κ3) is 3.89. The summed E-state index contributed by atoms with van der Waals surface area (Å²) < 4.78 is 27.5. The Morgan fingerprint density at radius 3 is 2.44 bits per heavy atom. The van der Waals surface area contributed by atoms with Gasteiger partial charge in [0.15, 0.2) is 0 Å². The lowest BCUT2D eigenvalue weighted by Gasteiger charge is -2.15. The molecule has 0 aliphatic carbocycles. The number of carbonyl (C=O) groups excluding carboxylic acids is 1. The fraction of sp³-hybridized carbons (Fsp3) is 0.120. The maximum Gasteiger partial charge on any atom is 0.240 e. The Bertz CT molecular complexity index is 1270. The number of halogens is 3. The van der Waals surface area contributed by atoms with Gasteiger partial charge in [-0.3, -0.25) is 9.69 Å². The molecule has 1 amide bonds. The molecule has 1 N–H and O–H groups in total. The molecule has 0 saturated heterocycles. The van der Waals surface area contributed by atoms with Gasteiger partial charge in [0.05, 0.1) is 24.1 Å². The standard InChI is InChI=1S/C24H16ClF2N3O.CH4/c25-17-3-1-2-15(9-17)16-4-5-22-20(10-16)21(8-14-6-18(26)11-19(27)7-14)24(31)30(22)23-12-28-13-29-23;/h1-7,9-13,21H,8H2,(H,28,29);1H4. The highest BCUT2D eigenvalue weighted by atomic mass is 35.5. The molecule has 1 unspecified atom stereocenters. The van der Waals surface area contributed by atoms with Crippen molar-refractivity contribution in [1.29, 1.82) is 0 Å². The Labute approximate surface area is 189 Å². The van der Waals surface area contributed by atoms with Crippen LogP contribution in [0, 0.1) is 11.6 Å². The lowest BCUT2D eigenvalue weighted by Crippen LogP contribution is -2.25. The first kappa shape index (κ1) is 21.7. The van der Waals surface area contributed by atoms with Crippen molar-refractivity contribution in [2.45, 2.75) is 19.8 Å². The van der Waals surface area contributed by atoms with Crippen LogP contribution in [-0.2, 0) is 11.2 Å². The molecule has 5 rings (SSSR count). The number of hydrogen-bond acceptors (Lipinski definition) is 2. The highest BCUT2D eigenvalue weighted by Gasteiger charge is 2.39. The lowest BCUT2D eigenvalue weighted by atomic mass is 9.91. The van der Waals surface area contributed by atoms with E-state index in [9.17, 15) is 13.6 Å². The van der Waals surface area contributed by atoms with Gasteiger partial charge in [-0.05, 0) is 65.1 Å². The number of benzene rings is 3. The van der Waals surface area contributed by atoms with Crippen LogP contribution in [0.25, 0.3) is 11.1 Å². The van der Waals surface area contributed by atoms with Crippen LogP contribution in [-0.4, -0.2) is 15.9 Å². The molecule has 32 heavy (non-hydrogen) atoms. The number of aromatic nitrogens is 2. The number of anilines is 2. The number of nitrogens with zero attached hydrogens (tertiary/aromatic N) is 2. The van der Waals surface area contributed by atoms with E-state index in [4.69, 9.17) is 11.6 Å². The zero-order valence-electron chi connectivity index (χ0n) is 16.1. The van der Waals surface area contributed by atoms with E-state index < -0.39 is 17.6 Å². The Morgan fingerprint density at radius 1 is 1.00 bits per heavy atom. The number of fused-ring (bicyclic) bond motifs is 1. The van der Waals surface area contributed by atoms with E-state index in [1.54, 1.807) is 17.2 Å². The van der Waals surface area contributed by atoms with Crippen molar-refractivity contribution < 1.29 is 13.6 Å². The van der Waals surface area contributed by atoms with E-state index in [1.807, 2.05) is 36.4 Å². The first-order valence-corrected chi connectivity index (χ1v) is 10.0. The van der Waals surface area contributed by atoms with Crippen molar-refractivity contribution >= 4 is 29.0 Å². The van der Waals surface area contributed by atoms with E-state index in [2.05, 4.69) is 9.97 Å². The van der Waals surface area contributed by atoms with Gasteiger partial charge in [0, 0.05) is 11.1 Å². The summed E-state index contributed by atoms with van der Waals surface area (Å²) in [6.45, 7) is 0. The van der Waals surface area contributed by atoms with Crippen LogP contribution in [0.4, 0.5) is 20.3 Å². The van der Waals surface area contributed by atoms with Crippen molar-refractivity contribution in [3.8, 4) is 11.1 Å². The highest BCUT2D eigenvalue weighted by Crippen LogP contribution is 2.44. The second-order valence-electron chi connectivity index (χ2n) is 7.43. The Balaban J connectivity index is 0.00000245. The number of carbonyl (C=O) groups is 1. The topological polar surface area (TPSA) is 49.0 Å². The van der Waals surface area contributed by atoms with Crippen molar-refractivity contribution in [1.82, 2.24) is 9.97 Å². The Kier molecular flexibility index (Phi) is 5.80. The Hall–Kier alpha value is -3.51. The minimum atomic E-state index is -0.668. The molecule has 1 aliphatic heterocycles. The number of amides is 1. The van der Waals surface area contributed by atoms with Crippen molar-refractivity contribution in [2.75, 3.05) is 4.90 Å². The van der Waals surface area contributed by atoms with E-state index in [0.29, 0.717) is 22.1 Å². The number of aromatic amines is 1. The third-order valence-electron chi connectivity index (χ3n) is 5.41. The van der Waals surface area contributed by atoms with Gasteiger partial charge in [-0.1, -0.05) is 37.2 Å². The molecule has 162 valence electrons. The molecule has 4 aromatic rings. The third-order valence-corrected chi connectivity index (χ3v) is 5.64. The van der Waals surface area contributed by atoms with Crippen LogP contribution in [0.1, 0.15) is 24.5 Å². The molecule has 0 spiro atoms. The summed E-state index contributed by atoms with van der Waals surface area (Å²) in [5, 5.41) is 0.611. The number of hydrogen-bond donors (Lipinski definition) is 1. The van der Waals surface area contributed by atoms with Gasteiger partial charge < -0.3 is 4.98 Å². The van der Waals surface area contributed by atoms with Crippen molar-refractivity contribution in [3.05, 3.63) is 101 Å². The highest BCUT2D eigenvalue weighted by molar-refractivity contribution is 6.30. The normalized spacial score (nSPS) is 14.9. The summed E-state index contributed by atoms with van der Waals surface area (Å²) in [6, 6.07) is 16.5. The summed E-state index contributed by atoms with van der Waals surface area (Å²) in [5.74, 6) is -1.59. The maximum atomic E-state index is 13.8. The van der Waals surface area contributed by atoms with E-state index >= 15 is 0 Å². The molecule has 7 heteroatoms. The molecule has 0 radical (unpaired) electrons. The molecule has 2 heterocycles. The van der Waals surface area contributed by atoms with E-state index in [-0.39, 0.29) is 19.8 Å².